The lowest BCUT2D eigenvalue weighted by atomic mass is 10.1. The van der Waals surface area contributed by atoms with Gasteiger partial charge < -0.3 is 10.4 Å². The molecule has 0 saturated heterocycles. The van der Waals surface area contributed by atoms with E-state index in [4.69, 9.17) is 5.26 Å². The van der Waals surface area contributed by atoms with Crippen molar-refractivity contribution in [3.63, 3.8) is 0 Å². The fraction of sp³-hybridized carbons (Fsp3) is 0.188. The number of rotatable bonds is 5. The number of nitrogens with zero attached hydrogens (tertiary/aromatic N) is 1. The molecule has 0 bridgehead atoms. The molecule has 0 aliphatic heterocycles. The summed E-state index contributed by atoms with van der Waals surface area (Å²) in [6, 6.07) is 17.1. The predicted octanol–water partition coefficient (Wildman–Crippen LogP) is 3.43. The number of aliphatic hydroxyl groups is 1. The van der Waals surface area contributed by atoms with Gasteiger partial charge in [0.1, 0.15) is 0 Å². The van der Waals surface area contributed by atoms with E-state index < -0.39 is 6.10 Å². The smallest absolute Gasteiger partial charge is 0.0991 e. The second-order valence-electron chi connectivity index (χ2n) is 4.36. The minimum Gasteiger partial charge on any atom is -0.387 e. The number of anilines is 1. The largest absolute Gasteiger partial charge is 0.387 e. The van der Waals surface area contributed by atoms with Crippen molar-refractivity contribution in [2.45, 2.75) is 11.0 Å². The minimum atomic E-state index is -0.594. The van der Waals surface area contributed by atoms with E-state index in [1.807, 2.05) is 30.5 Å². The molecular weight excluding hydrogens is 268 g/mol. The van der Waals surface area contributed by atoms with Gasteiger partial charge in [0.15, 0.2) is 0 Å². The lowest BCUT2D eigenvalue weighted by molar-refractivity contribution is 0.191. The quantitative estimate of drug-likeness (QED) is 0.826. The molecular formula is C16H16N2OS. The molecule has 4 heteroatoms. The zero-order valence-electron chi connectivity index (χ0n) is 11.2. The Hall–Kier alpha value is -1.96. The van der Waals surface area contributed by atoms with E-state index in [1.165, 1.54) is 4.90 Å². The summed E-state index contributed by atoms with van der Waals surface area (Å²) in [4.78, 5) is 1.21. The molecule has 0 aromatic heterocycles. The van der Waals surface area contributed by atoms with Crippen LogP contribution in [0.2, 0.25) is 0 Å². The van der Waals surface area contributed by atoms with Crippen LogP contribution in [0.3, 0.4) is 0 Å². The van der Waals surface area contributed by atoms with Crippen LogP contribution in [0.25, 0.3) is 0 Å². The number of nitrogens with one attached hydrogen (secondary N) is 1. The first-order valence-electron chi connectivity index (χ1n) is 6.29. The number of thioether (sulfide) groups is 1. The molecule has 2 aromatic rings. The van der Waals surface area contributed by atoms with Crippen molar-refractivity contribution in [3.05, 3.63) is 59.7 Å². The maximum absolute atomic E-state index is 10.1. The molecule has 2 N–H and O–H groups in total. The van der Waals surface area contributed by atoms with Gasteiger partial charge in [-0.25, -0.2) is 0 Å². The number of benzene rings is 2. The van der Waals surface area contributed by atoms with Crippen LogP contribution in [-0.2, 0) is 0 Å². The highest BCUT2D eigenvalue weighted by Gasteiger charge is 2.07. The van der Waals surface area contributed by atoms with Gasteiger partial charge in [-0.1, -0.05) is 12.1 Å². The highest BCUT2D eigenvalue weighted by Crippen LogP contribution is 2.19. The monoisotopic (exact) mass is 284 g/mol. The van der Waals surface area contributed by atoms with Crippen molar-refractivity contribution < 1.29 is 5.11 Å². The first kappa shape index (κ1) is 14.4. The molecule has 2 aromatic carbocycles. The number of hydrogen-bond donors (Lipinski definition) is 2. The standard InChI is InChI=1S/C16H16N2OS/c1-20-15-8-6-14(7-9-15)18-11-16(19)13-4-2-12(10-17)3-5-13/h2-9,16,18-19H,11H2,1H3. The van der Waals surface area contributed by atoms with Crippen LogP contribution in [0.15, 0.2) is 53.4 Å². The average molecular weight is 284 g/mol. The first-order chi connectivity index (χ1) is 9.72. The van der Waals surface area contributed by atoms with Gasteiger partial charge in [0.25, 0.3) is 0 Å². The summed E-state index contributed by atoms with van der Waals surface area (Å²) in [6.45, 7) is 0.435. The summed E-state index contributed by atoms with van der Waals surface area (Å²) in [6.07, 6.45) is 1.44. The third kappa shape index (κ3) is 3.77. The number of nitriles is 1. The Bertz CT molecular complexity index is 587. The molecule has 102 valence electrons. The molecule has 0 fully saturated rings. The maximum Gasteiger partial charge on any atom is 0.0991 e. The van der Waals surface area contributed by atoms with Gasteiger partial charge in [-0.15, -0.1) is 11.8 Å². The Morgan fingerprint density at radius 3 is 2.35 bits per heavy atom. The number of aliphatic hydroxyl groups excluding tert-OH is 1. The second-order valence-corrected chi connectivity index (χ2v) is 5.24. The Labute approximate surface area is 123 Å². The van der Waals surface area contributed by atoms with Crippen LogP contribution in [0.1, 0.15) is 17.2 Å². The molecule has 3 nitrogen and oxygen atoms in total. The summed E-state index contributed by atoms with van der Waals surface area (Å²) in [5.41, 5.74) is 2.38. The second kappa shape index (κ2) is 6.99. The molecule has 0 spiro atoms. The third-order valence-electron chi connectivity index (χ3n) is 3.01. The molecule has 0 aliphatic rings. The average Bonchev–Trinajstić information content (AvgIpc) is 2.53. The van der Waals surface area contributed by atoms with E-state index in [2.05, 4.69) is 11.4 Å². The molecule has 0 amide bonds. The van der Waals surface area contributed by atoms with Crippen molar-refractivity contribution in [2.75, 3.05) is 18.1 Å². The summed E-state index contributed by atoms with van der Waals surface area (Å²) in [5, 5.41) is 22.0. The summed E-state index contributed by atoms with van der Waals surface area (Å²) >= 11 is 1.70. The molecule has 0 heterocycles. The Kier molecular flexibility index (Phi) is 5.05. The molecule has 1 unspecified atom stereocenters. The van der Waals surface area contributed by atoms with Crippen LogP contribution in [-0.4, -0.2) is 17.9 Å². The van der Waals surface area contributed by atoms with Crippen molar-refractivity contribution in [1.29, 1.82) is 5.26 Å². The predicted molar refractivity (Wildman–Crippen MR) is 82.8 cm³/mol. The normalized spacial score (nSPS) is 11.7. The lowest BCUT2D eigenvalue weighted by Crippen LogP contribution is -2.12. The summed E-state index contributed by atoms with van der Waals surface area (Å²) < 4.78 is 0. The SMILES string of the molecule is CSc1ccc(NCC(O)c2ccc(C#N)cc2)cc1. The molecule has 20 heavy (non-hydrogen) atoms. The molecule has 0 radical (unpaired) electrons. The third-order valence-corrected chi connectivity index (χ3v) is 3.76. The topological polar surface area (TPSA) is 56.0 Å². The zero-order valence-corrected chi connectivity index (χ0v) is 12.0. The first-order valence-corrected chi connectivity index (χ1v) is 7.51. The lowest BCUT2D eigenvalue weighted by Gasteiger charge is -2.13. The van der Waals surface area contributed by atoms with E-state index in [9.17, 15) is 5.11 Å². The van der Waals surface area contributed by atoms with Gasteiger partial charge in [-0.3, -0.25) is 0 Å². The fourth-order valence-corrected chi connectivity index (χ4v) is 2.23. The van der Waals surface area contributed by atoms with E-state index in [1.54, 1.807) is 36.0 Å². The van der Waals surface area contributed by atoms with Crippen molar-refractivity contribution >= 4 is 17.4 Å². The van der Waals surface area contributed by atoms with Gasteiger partial charge >= 0.3 is 0 Å². The highest BCUT2D eigenvalue weighted by atomic mass is 32.2. The molecule has 2 rings (SSSR count). The Morgan fingerprint density at radius 2 is 1.80 bits per heavy atom. The van der Waals surface area contributed by atoms with E-state index >= 15 is 0 Å². The van der Waals surface area contributed by atoms with E-state index in [0.717, 1.165) is 11.3 Å². The zero-order chi connectivity index (χ0) is 14.4. The van der Waals surface area contributed by atoms with Crippen LogP contribution in [0, 0.1) is 11.3 Å². The molecule has 0 saturated carbocycles. The fourth-order valence-electron chi connectivity index (χ4n) is 1.82. The van der Waals surface area contributed by atoms with Crippen LogP contribution < -0.4 is 5.32 Å². The van der Waals surface area contributed by atoms with Crippen molar-refractivity contribution in [2.24, 2.45) is 0 Å². The Morgan fingerprint density at radius 1 is 1.15 bits per heavy atom. The van der Waals surface area contributed by atoms with Crippen LogP contribution in [0.5, 0.6) is 0 Å². The van der Waals surface area contributed by atoms with E-state index in [-0.39, 0.29) is 0 Å². The van der Waals surface area contributed by atoms with Gasteiger partial charge in [0.2, 0.25) is 0 Å². The Balaban J connectivity index is 1.93. The molecule has 0 aliphatic carbocycles. The molecule has 1 atom stereocenters. The van der Waals surface area contributed by atoms with Gasteiger partial charge in [0, 0.05) is 17.1 Å². The minimum absolute atomic E-state index is 0.435. The van der Waals surface area contributed by atoms with Gasteiger partial charge in [0.05, 0.1) is 17.7 Å². The van der Waals surface area contributed by atoms with Gasteiger partial charge in [-0.05, 0) is 48.2 Å². The van der Waals surface area contributed by atoms with Crippen molar-refractivity contribution in [3.8, 4) is 6.07 Å². The summed E-state index contributed by atoms with van der Waals surface area (Å²) in [7, 11) is 0. The summed E-state index contributed by atoms with van der Waals surface area (Å²) in [5.74, 6) is 0. The van der Waals surface area contributed by atoms with Crippen LogP contribution in [0.4, 0.5) is 5.69 Å². The van der Waals surface area contributed by atoms with E-state index in [0.29, 0.717) is 12.1 Å². The van der Waals surface area contributed by atoms with Crippen molar-refractivity contribution in [1.82, 2.24) is 0 Å². The number of hydrogen-bond acceptors (Lipinski definition) is 4. The van der Waals surface area contributed by atoms with Gasteiger partial charge in [-0.2, -0.15) is 5.26 Å². The highest BCUT2D eigenvalue weighted by molar-refractivity contribution is 7.98. The van der Waals surface area contributed by atoms with Crippen LogP contribution >= 0.6 is 11.8 Å². The maximum atomic E-state index is 10.1.